The lowest BCUT2D eigenvalue weighted by atomic mass is 10.1. The van der Waals surface area contributed by atoms with Crippen LogP contribution in [0.4, 0.5) is 4.79 Å². The standard InChI is InChI=1S/C15H24N2O3S/c1-10(2)8-17(9-11(3)4)15(20)16-13(14(18)19)12-6-5-7-21-12/h5-7,10-11,13H,8-9H2,1-4H3,(H,16,20)(H,18,19). The van der Waals surface area contributed by atoms with Crippen LogP contribution in [-0.2, 0) is 4.79 Å². The van der Waals surface area contributed by atoms with Gasteiger partial charge in [-0.1, -0.05) is 33.8 Å². The van der Waals surface area contributed by atoms with Crippen LogP contribution in [-0.4, -0.2) is 35.1 Å². The van der Waals surface area contributed by atoms with Crippen molar-refractivity contribution >= 4 is 23.3 Å². The molecule has 0 aromatic carbocycles. The second-order valence-corrected chi connectivity index (χ2v) is 6.91. The number of hydrogen-bond acceptors (Lipinski definition) is 3. The van der Waals surface area contributed by atoms with E-state index in [1.54, 1.807) is 22.4 Å². The van der Waals surface area contributed by atoms with Gasteiger partial charge in [-0.25, -0.2) is 9.59 Å². The lowest BCUT2D eigenvalue weighted by Crippen LogP contribution is -2.46. The van der Waals surface area contributed by atoms with E-state index in [1.165, 1.54) is 11.3 Å². The molecule has 1 heterocycles. The Balaban J connectivity index is 2.80. The topological polar surface area (TPSA) is 69.6 Å². The van der Waals surface area contributed by atoms with Crippen molar-refractivity contribution in [2.24, 2.45) is 11.8 Å². The fourth-order valence-electron chi connectivity index (χ4n) is 2.05. The van der Waals surface area contributed by atoms with Crippen molar-refractivity contribution in [2.45, 2.75) is 33.7 Å². The lowest BCUT2D eigenvalue weighted by molar-refractivity contribution is -0.139. The van der Waals surface area contributed by atoms with Crippen LogP contribution in [0.1, 0.15) is 38.6 Å². The van der Waals surface area contributed by atoms with Crippen LogP contribution in [0.25, 0.3) is 0 Å². The van der Waals surface area contributed by atoms with Crippen molar-refractivity contribution in [3.63, 3.8) is 0 Å². The van der Waals surface area contributed by atoms with E-state index in [4.69, 9.17) is 0 Å². The van der Waals surface area contributed by atoms with E-state index in [2.05, 4.69) is 5.32 Å². The summed E-state index contributed by atoms with van der Waals surface area (Å²) in [5, 5.41) is 13.7. The maximum atomic E-state index is 12.4. The molecule has 1 unspecified atom stereocenters. The first-order chi connectivity index (χ1) is 9.81. The fraction of sp³-hybridized carbons (Fsp3) is 0.600. The highest BCUT2D eigenvalue weighted by atomic mass is 32.1. The van der Waals surface area contributed by atoms with E-state index in [0.29, 0.717) is 29.8 Å². The Labute approximate surface area is 130 Å². The molecule has 1 rings (SSSR count). The monoisotopic (exact) mass is 312 g/mol. The Morgan fingerprint density at radius 2 is 1.81 bits per heavy atom. The SMILES string of the molecule is CC(C)CN(CC(C)C)C(=O)NC(C(=O)O)c1cccs1. The van der Waals surface area contributed by atoms with Gasteiger partial charge in [0.1, 0.15) is 0 Å². The summed E-state index contributed by atoms with van der Waals surface area (Å²) >= 11 is 1.33. The number of hydrogen-bond donors (Lipinski definition) is 2. The second kappa shape index (κ2) is 8.02. The molecule has 0 bridgehead atoms. The predicted molar refractivity (Wildman–Crippen MR) is 84.5 cm³/mol. The quantitative estimate of drug-likeness (QED) is 0.812. The number of urea groups is 1. The number of amides is 2. The summed E-state index contributed by atoms with van der Waals surface area (Å²) in [6.45, 7) is 9.37. The molecule has 0 aliphatic heterocycles. The van der Waals surface area contributed by atoms with Gasteiger partial charge >= 0.3 is 12.0 Å². The number of nitrogens with one attached hydrogen (secondary N) is 1. The molecule has 0 saturated heterocycles. The number of carbonyl (C=O) groups excluding carboxylic acids is 1. The van der Waals surface area contributed by atoms with Crippen LogP contribution in [0.2, 0.25) is 0 Å². The van der Waals surface area contributed by atoms with Gasteiger partial charge in [-0.3, -0.25) is 0 Å². The third-order valence-electron chi connectivity index (χ3n) is 2.80. The van der Waals surface area contributed by atoms with E-state index in [9.17, 15) is 14.7 Å². The van der Waals surface area contributed by atoms with Gasteiger partial charge in [-0.2, -0.15) is 0 Å². The minimum absolute atomic E-state index is 0.321. The molecule has 2 amide bonds. The summed E-state index contributed by atoms with van der Waals surface area (Å²) < 4.78 is 0. The number of carboxylic acids is 1. The molecule has 21 heavy (non-hydrogen) atoms. The van der Waals surface area contributed by atoms with Gasteiger partial charge in [-0.05, 0) is 23.3 Å². The van der Waals surface area contributed by atoms with Crippen molar-refractivity contribution in [3.8, 4) is 0 Å². The number of rotatable bonds is 7. The molecule has 0 saturated carbocycles. The minimum Gasteiger partial charge on any atom is -0.479 e. The van der Waals surface area contributed by atoms with Crippen LogP contribution in [0, 0.1) is 11.8 Å². The summed E-state index contributed by atoms with van der Waals surface area (Å²) in [5.74, 6) is -0.376. The number of carboxylic acid groups (broad SMARTS) is 1. The number of thiophene rings is 1. The van der Waals surface area contributed by atoms with Crippen LogP contribution in [0.3, 0.4) is 0 Å². The highest BCUT2D eigenvalue weighted by Gasteiger charge is 2.26. The smallest absolute Gasteiger partial charge is 0.331 e. The van der Waals surface area contributed by atoms with Crippen molar-refractivity contribution in [1.29, 1.82) is 0 Å². The average Bonchev–Trinajstić information content (AvgIpc) is 2.86. The molecular weight excluding hydrogens is 288 g/mol. The van der Waals surface area contributed by atoms with E-state index in [0.717, 1.165) is 0 Å². The molecule has 0 aliphatic rings. The van der Waals surface area contributed by atoms with Crippen LogP contribution >= 0.6 is 11.3 Å². The Kier molecular flexibility index (Phi) is 6.68. The third kappa shape index (κ3) is 5.75. The molecule has 0 spiro atoms. The molecule has 0 aliphatic carbocycles. The third-order valence-corrected chi connectivity index (χ3v) is 3.74. The summed E-state index contributed by atoms with van der Waals surface area (Å²) in [6, 6.07) is 2.19. The molecule has 1 aromatic heterocycles. The van der Waals surface area contributed by atoms with Crippen LogP contribution < -0.4 is 5.32 Å². The molecule has 1 aromatic rings. The van der Waals surface area contributed by atoms with Gasteiger partial charge in [0.05, 0.1) is 0 Å². The van der Waals surface area contributed by atoms with E-state index in [1.807, 2.05) is 27.7 Å². The Hall–Kier alpha value is -1.56. The maximum Gasteiger partial charge on any atom is 0.331 e. The second-order valence-electron chi connectivity index (χ2n) is 5.93. The van der Waals surface area contributed by atoms with E-state index in [-0.39, 0.29) is 6.03 Å². The van der Waals surface area contributed by atoms with Crippen LogP contribution in [0.15, 0.2) is 17.5 Å². The maximum absolute atomic E-state index is 12.4. The first-order valence-electron chi connectivity index (χ1n) is 7.13. The molecule has 0 fully saturated rings. The first-order valence-corrected chi connectivity index (χ1v) is 8.00. The van der Waals surface area contributed by atoms with E-state index >= 15 is 0 Å². The summed E-state index contributed by atoms with van der Waals surface area (Å²) in [7, 11) is 0. The predicted octanol–water partition coefficient (Wildman–Crippen LogP) is 3.20. The van der Waals surface area contributed by atoms with E-state index < -0.39 is 12.0 Å². The molecule has 5 nitrogen and oxygen atoms in total. The molecule has 0 radical (unpaired) electrons. The molecule has 6 heteroatoms. The Morgan fingerprint density at radius 3 is 2.19 bits per heavy atom. The summed E-state index contributed by atoms with van der Waals surface area (Å²) in [5.41, 5.74) is 0. The Bertz CT molecular complexity index is 447. The number of nitrogens with zero attached hydrogens (tertiary/aromatic N) is 1. The number of aliphatic carboxylic acids is 1. The summed E-state index contributed by atoms with van der Waals surface area (Å²) in [4.78, 5) is 26.1. The van der Waals surface area contributed by atoms with Crippen molar-refractivity contribution in [1.82, 2.24) is 10.2 Å². The average molecular weight is 312 g/mol. The fourth-order valence-corrected chi connectivity index (χ4v) is 2.81. The normalized spacial score (nSPS) is 12.5. The molecular formula is C15H24N2O3S. The lowest BCUT2D eigenvalue weighted by Gasteiger charge is -2.28. The highest BCUT2D eigenvalue weighted by molar-refractivity contribution is 7.10. The van der Waals surface area contributed by atoms with Gasteiger partial charge in [0.15, 0.2) is 6.04 Å². The highest BCUT2D eigenvalue weighted by Crippen LogP contribution is 2.19. The largest absolute Gasteiger partial charge is 0.479 e. The van der Waals surface area contributed by atoms with Gasteiger partial charge in [0, 0.05) is 18.0 Å². The molecule has 2 N–H and O–H groups in total. The zero-order valence-corrected chi connectivity index (χ0v) is 13.8. The zero-order chi connectivity index (χ0) is 16.0. The molecule has 118 valence electrons. The van der Waals surface area contributed by atoms with Gasteiger partial charge < -0.3 is 15.3 Å². The van der Waals surface area contributed by atoms with Gasteiger partial charge in [0.25, 0.3) is 0 Å². The van der Waals surface area contributed by atoms with Crippen molar-refractivity contribution in [3.05, 3.63) is 22.4 Å². The minimum atomic E-state index is -1.04. The van der Waals surface area contributed by atoms with Crippen molar-refractivity contribution < 1.29 is 14.7 Å². The molecule has 1 atom stereocenters. The van der Waals surface area contributed by atoms with Gasteiger partial charge in [0.2, 0.25) is 0 Å². The van der Waals surface area contributed by atoms with Gasteiger partial charge in [-0.15, -0.1) is 11.3 Å². The van der Waals surface area contributed by atoms with Crippen LogP contribution in [0.5, 0.6) is 0 Å². The Morgan fingerprint density at radius 1 is 1.24 bits per heavy atom. The first kappa shape index (κ1) is 17.5. The zero-order valence-electron chi connectivity index (χ0n) is 13.0. The summed E-state index contributed by atoms with van der Waals surface area (Å²) in [6.07, 6.45) is 0. The number of carbonyl (C=O) groups is 2. The van der Waals surface area contributed by atoms with Crippen molar-refractivity contribution in [2.75, 3.05) is 13.1 Å².